The van der Waals surface area contributed by atoms with E-state index < -0.39 is 0 Å². The van der Waals surface area contributed by atoms with Gasteiger partial charge in [-0.2, -0.15) is 0 Å². The molecule has 1 aromatic heterocycles. The summed E-state index contributed by atoms with van der Waals surface area (Å²) >= 11 is 3.29. The molecule has 2 rings (SSSR count). The minimum Gasteiger partial charge on any atom is -0.319 e. The number of nitrogens with zero attached hydrogens (tertiary/aromatic N) is 2. The highest BCUT2D eigenvalue weighted by Crippen LogP contribution is 2.23. The summed E-state index contributed by atoms with van der Waals surface area (Å²) in [5.74, 6) is 0.265. The lowest BCUT2D eigenvalue weighted by atomic mass is 10.1. The number of hydrogen-bond donors (Lipinski definition) is 1. The van der Waals surface area contributed by atoms with E-state index >= 15 is 0 Å². The van der Waals surface area contributed by atoms with Crippen LogP contribution in [0.15, 0.2) is 22.7 Å². The van der Waals surface area contributed by atoms with Gasteiger partial charge in [0.2, 0.25) is 0 Å². The van der Waals surface area contributed by atoms with Gasteiger partial charge in [-0.1, -0.05) is 15.9 Å². The Morgan fingerprint density at radius 2 is 1.80 bits per heavy atom. The molecule has 0 bridgehead atoms. The Morgan fingerprint density at radius 1 is 1.15 bits per heavy atom. The number of aromatic nitrogens is 2. The zero-order valence-corrected chi connectivity index (χ0v) is 13.4. The van der Waals surface area contributed by atoms with Gasteiger partial charge in [0, 0.05) is 21.4 Å². The van der Waals surface area contributed by atoms with Crippen molar-refractivity contribution in [2.75, 3.05) is 13.6 Å². The Morgan fingerprint density at radius 3 is 2.35 bits per heavy atom. The minimum atomic E-state index is -0.299. The van der Waals surface area contributed by atoms with Crippen molar-refractivity contribution in [1.82, 2.24) is 15.3 Å². The first-order valence-corrected chi connectivity index (χ1v) is 7.25. The second kappa shape index (κ2) is 6.41. The predicted molar refractivity (Wildman–Crippen MR) is 82.2 cm³/mol. The molecule has 3 nitrogen and oxygen atoms in total. The summed E-state index contributed by atoms with van der Waals surface area (Å²) in [6.45, 7) is 4.82. The largest absolute Gasteiger partial charge is 0.319 e. The number of likely N-dealkylation sites (N-methyl/N-ethyl adjacent to an activating group) is 1. The van der Waals surface area contributed by atoms with Crippen LogP contribution >= 0.6 is 15.9 Å². The van der Waals surface area contributed by atoms with Crippen LogP contribution in [-0.2, 0) is 6.42 Å². The molecule has 0 spiro atoms. The molecule has 0 saturated carbocycles. The summed E-state index contributed by atoms with van der Waals surface area (Å²) in [4.78, 5) is 9.03. The van der Waals surface area contributed by atoms with Crippen LogP contribution in [0.3, 0.4) is 0 Å². The first-order valence-electron chi connectivity index (χ1n) is 6.46. The Labute approximate surface area is 126 Å². The highest BCUT2D eigenvalue weighted by Gasteiger charge is 2.11. The van der Waals surface area contributed by atoms with E-state index in [-0.39, 0.29) is 5.82 Å². The van der Waals surface area contributed by atoms with Crippen LogP contribution < -0.4 is 5.32 Å². The van der Waals surface area contributed by atoms with Gasteiger partial charge in [0.1, 0.15) is 5.82 Å². The maximum absolute atomic E-state index is 13.5. The van der Waals surface area contributed by atoms with Crippen LogP contribution in [0.4, 0.5) is 4.39 Å². The molecule has 0 radical (unpaired) electrons. The van der Waals surface area contributed by atoms with E-state index in [2.05, 4.69) is 31.2 Å². The van der Waals surface area contributed by atoms with Gasteiger partial charge < -0.3 is 5.32 Å². The third-order valence-corrected chi connectivity index (χ3v) is 3.62. The van der Waals surface area contributed by atoms with Gasteiger partial charge in [0.05, 0.1) is 0 Å². The van der Waals surface area contributed by atoms with Gasteiger partial charge in [-0.3, -0.25) is 0 Å². The van der Waals surface area contributed by atoms with Gasteiger partial charge >= 0.3 is 0 Å². The number of rotatable bonds is 4. The zero-order chi connectivity index (χ0) is 14.7. The Kier molecular flexibility index (Phi) is 4.83. The second-order valence-electron chi connectivity index (χ2n) is 4.71. The molecule has 0 aliphatic carbocycles. The molecule has 0 aliphatic heterocycles. The molecule has 20 heavy (non-hydrogen) atoms. The van der Waals surface area contributed by atoms with Crippen molar-refractivity contribution >= 4 is 15.9 Å². The second-order valence-corrected chi connectivity index (χ2v) is 5.62. The average Bonchev–Trinajstić information content (AvgIpc) is 2.36. The van der Waals surface area contributed by atoms with Gasteiger partial charge in [-0.25, -0.2) is 14.4 Å². The Bertz CT molecular complexity index is 585. The Balaban J connectivity index is 2.43. The van der Waals surface area contributed by atoms with Crippen molar-refractivity contribution in [2.45, 2.75) is 20.3 Å². The summed E-state index contributed by atoms with van der Waals surface area (Å²) in [6, 6.07) is 4.70. The average molecular weight is 338 g/mol. The molecule has 5 heteroatoms. The number of nitrogens with one attached hydrogen (secondary N) is 1. The van der Waals surface area contributed by atoms with E-state index in [4.69, 9.17) is 0 Å². The highest BCUT2D eigenvalue weighted by molar-refractivity contribution is 9.10. The van der Waals surface area contributed by atoms with E-state index in [9.17, 15) is 4.39 Å². The lowest BCUT2D eigenvalue weighted by Crippen LogP contribution is -2.13. The van der Waals surface area contributed by atoms with Gasteiger partial charge in [0.25, 0.3) is 0 Å². The molecular weight excluding hydrogens is 321 g/mol. The van der Waals surface area contributed by atoms with Crippen LogP contribution in [-0.4, -0.2) is 23.6 Å². The summed E-state index contributed by atoms with van der Waals surface area (Å²) in [5.41, 5.74) is 3.73. The third-order valence-electron chi connectivity index (χ3n) is 3.17. The number of hydrogen-bond acceptors (Lipinski definition) is 3. The molecular formula is C15H17BrFN3. The fourth-order valence-corrected chi connectivity index (χ4v) is 2.63. The number of aryl methyl sites for hydroxylation is 2. The summed E-state index contributed by atoms with van der Waals surface area (Å²) in [5, 5.41) is 3.12. The van der Waals surface area contributed by atoms with Crippen LogP contribution in [0.5, 0.6) is 0 Å². The molecule has 0 atom stereocenters. The summed E-state index contributed by atoms with van der Waals surface area (Å²) in [6.07, 6.45) is 0.890. The van der Waals surface area contributed by atoms with Gasteiger partial charge in [-0.15, -0.1) is 0 Å². The maximum Gasteiger partial charge on any atom is 0.159 e. The first-order chi connectivity index (χ1) is 9.51. The third kappa shape index (κ3) is 3.41. The van der Waals surface area contributed by atoms with Crippen molar-refractivity contribution in [3.63, 3.8) is 0 Å². The lowest BCUT2D eigenvalue weighted by molar-refractivity contribution is 0.627. The molecule has 106 valence electrons. The van der Waals surface area contributed by atoms with Crippen molar-refractivity contribution in [3.8, 4) is 11.4 Å². The topological polar surface area (TPSA) is 37.8 Å². The molecule has 0 unspecified atom stereocenters. The van der Waals surface area contributed by atoms with Gasteiger partial charge in [0.15, 0.2) is 5.82 Å². The molecule has 1 aromatic carbocycles. The molecule has 1 N–H and O–H groups in total. The standard InChI is InChI=1S/C15H17BrFN3/c1-9-14(4-5-18-3)10(2)20-15(19-9)11-6-12(16)8-13(17)7-11/h6-8,18H,4-5H2,1-3H3. The van der Waals surface area contributed by atoms with Crippen LogP contribution in [0.2, 0.25) is 0 Å². The number of benzene rings is 1. The van der Waals surface area contributed by atoms with Crippen molar-refractivity contribution < 1.29 is 4.39 Å². The molecule has 0 aliphatic rings. The van der Waals surface area contributed by atoms with Crippen molar-refractivity contribution in [2.24, 2.45) is 0 Å². The minimum absolute atomic E-state index is 0.299. The van der Waals surface area contributed by atoms with Crippen LogP contribution in [0.1, 0.15) is 17.0 Å². The SMILES string of the molecule is CNCCc1c(C)nc(-c2cc(F)cc(Br)c2)nc1C. The van der Waals surface area contributed by atoms with E-state index in [0.29, 0.717) is 15.9 Å². The molecule has 1 heterocycles. The fraction of sp³-hybridized carbons (Fsp3) is 0.333. The van der Waals surface area contributed by atoms with Crippen LogP contribution in [0, 0.1) is 19.7 Å². The summed E-state index contributed by atoms with van der Waals surface area (Å²) in [7, 11) is 1.92. The van der Waals surface area contributed by atoms with E-state index in [1.165, 1.54) is 12.1 Å². The van der Waals surface area contributed by atoms with Crippen molar-refractivity contribution in [3.05, 3.63) is 45.4 Å². The lowest BCUT2D eigenvalue weighted by Gasteiger charge is -2.11. The van der Waals surface area contributed by atoms with E-state index in [0.717, 1.165) is 29.9 Å². The maximum atomic E-state index is 13.5. The molecule has 0 fully saturated rings. The zero-order valence-electron chi connectivity index (χ0n) is 11.8. The first kappa shape index (κ1) is 15.1. The van der Waals surface area contributed by atoms with Crippen molar-refractivity contribution in [1.29, 1.82) is 0 Å². The normalized spacial score (nSPS) is 10.8. The van der Waals surface area contributed by atoms with Gasteiger partial charge in [-0.05, 0) is 57.6 Å². The number of halogens is 2. The molecule has 0 amide bonds. The van der Waals surface area contributed by atoms with E-state index in [1.54, 1.807) is 0 Å². The predicted octanol–water partition coefficient (Wildman–Crippen LogP) is 3.42. The van der Waals surface area contributed by atoms with E-state index in [1.807, 2.05) is 27.0 Å². The monoisotopic (exact) mass is 337 g/mol. The quantitative estimate of drug-likeness (QED) is 0.928. The summed E-state index contributed by atoms with van der Waals surface area (Å²) < 4.78 is 14.2. The highest BCUT2D eigenvalue weighted by atomic mass is 79.9. The smallest absolute Gasteiger partial charge is 0.159 e. The van der Waals surface area contributed by atoms with Crippen LogP contribution in [0.25, 0.3) is 11.4 Å². The Hall–Kier alpha value is -1.33. The fourth-order valence-electron chi connectivity index (χ4n) is 2.16. The molecule has 0 saturated heterocycles. The molecule has 2 aromatic rings.